The Labute approximate surface area is 143 Å². The predicted octanol–water partition coefficient (Wildman–Crippen LogP) is 3.07. The van der Waals surface area contributed by atoms with Gasteiger partial charge in [-0.15, -0.1) is 0 Å². The average molecular weight is 332 g/mol. The monoisotopic (exact) mass is 332 g/mol. The van der Waals surface area contributed by atoms with Crippen LogP contribution < -0.4 is 5.32 Å². The SMILES string of the molecule is CC1CCCC(NC(=O)C2CCN(C(=O)c3ccoc3)CC2)C1C. The standard InChI is InChI=1S/C19H28N2O3/c1-13-4-3-5-17(14(13)2)20-18(22)15-6-9-21(10-7-15)19(23)16-8-11-24-12-16/h8,11-15,17H,3-7,9-10H2,1-2H3,(H,20,22). The van der Waals surface area contributed by atoms with Crippen LogP contribution in [0, 0.1) is 17.8 Å². The highest BCUT2D eigenvalue weighted by molar-refractivity contribution is 5.94. The Morgan fingerprint density at radius 2 is 1.92 bits per heavy atom. The van der Waals surface area contributed by atoms with Crippen molar-refractivity contribution in [2.24, 2.45) is 17.8 Å². The summed E-state index contributed by atoms with van der Waals surface area (Å²) in [5.74, 6) is 1.43. The molecule has 24 heavy (non-hydrogen) atoms. The summed E-state index contributed by atoms with van der Waals surface area (Å²) in [7, 11) is 0. The van der Waals surface area contributed by atoms with E-state index in [9.17, 15) is 9.59 Å². The molecule has 3 unspecified atom stereocenters. The van der Waals surface area contributed by atoms with Crippen molar-refractivity contribution in [3.05, 3.63) is 24.2 Å². The minimum Gasteiger partial charge on any atom is -0.472 e. The number of furan rings is 1. The van der Waals surface area contributed by atoms with Crippen LogP contribution in [0.5, 0.6) is 0 Å². The molecule has 0 radical (unpaired) electrons. The maximum absolute atomic E-state index is 12.6. The second-order valence-corrected chi connectivity index (χ2v) is 7.46. The normalized spacial score (nSPS) is 28.6. The van der Waals surface area contributed by atoms with E-state index in [1.54, 1.807) is 6.07 Å². The smallest absolute Gasteiger partial charge is 0.257 e. The van der Waals surface area contributed by atoms with Gasteiger partial charge in [0.2, 0.25) is 5.91 Å². The summed E-state index contributed by atoms with van der Waals surface area (Å²) in [5, 5.41) is 3.28. The number of piperidine rings is 1. The highest BCUT2D eigenvalue weighted by Crippen LogP contribution is 2.30. The van der Waals surface area contributed by atoms with Crippen LogP contribution in [0.1, 0.15) is 56.3 Å². The molecule has 0 bridgehead atoms. The van der Waals surface area contributed by atoms with E-state index < -0.39 is 0 Å². The zero-order chi connectivity index (χ0) is 17.1. The van der Waals surface area contributed by atoms with Crippen LogP contribution in [-0.4, -0.2) is 35.8 Å². The van der Waals surface area contributed by atoms with Gasteiger partial charge in [0.05, 0.1) is 11.8 Å². The zero-order valence-corrected chi connectivity index (χ0v) is 14.7. The largest absolute Gasteiger partial charge is 0.472 e. The second-order valence-electron chi connectivity index (χ2n) is 7.46. The Kier molecular flexibility index (Phi) is 5.27. The van der Waals surface area contributed by atoms with E-state index in [1.165, 1.54) is 25.4 Å². The Hall–Kier alpha value is -1.78. The van der Waals surface area contributed by atoms with Gasteiger partial charge in [0.1, 0.15) is 6.26 Å². The highest BCUT2D eigenvalue weighted by Gasteiger charge is 2.32. The molecule has 2 amide bonds. The summed E-state index contributed by atoms with van der Waals surface area (Å²) in [4.78, 5) is 26.7. The molecule has 1 aromatic heterocycles. The Balaban J connectivity index is 1.49. The van der Waals surface area contributed by atoms with Gasteiger partial charge in [-0.3, -0.25) is 9.59 Å². The van der Waals surface area contributed by atoms with Gasteiger partial charge in [0.15, 0.2) is 0 Å². The molecule has 3 atom stereocenters. The lowest BCUT2D eigenvalue weighted by Crippen LogP contribution is -2.48. The summed E-state index contributed by atoms with van der Waals surface area (Å²) < 4.78 is 4.98. The molecule has 1 aliphatic carbocycles. The van der Waals surface area contributed by atoms with Crippen molar-refractivity contribution >= 4 is 11.8 Å². The highest BCUT2D eigenvalue weighted by atomic mass is 16.3. The van der Waals surface area contributed by atoms with Gasteiger partial charge >= 0.3 is 0 Å². The first kappa shape index (κ1) is 17.1. The molecule has 2 aliphatic rings. The van der Waals surface area contributed by atoms with Crippen molar-refractivity contribution in [2.75, 3.05) is 13.1 Å². The Bertz CT molecular complexity index is 561. The molecule has 132 valence electrons. The number of amides is 2. The van der Waals surface area contributed by atoms with E-state index in [1.807, 2.05) is 4.90 Å². The van der Waals surface area contributed by atoms with Crippen LogP contribution in [0.15, 0.2) is 23.0 Å². The summed E-state index contributed by atoms with van der Waals surface area (Å²) in [5.41, 5.74) is 0.586. The van der Waals surface area contributed by atoms with Gasteiger partial charge in [-0.05, 0) is 37.2 Å². The number of nitrogens with one attached hydrogen (secondary N) is 1. The number of carbonyl (C=O) groups is 2. The molecule has 1 aliphatic heterocycles. The average Bonchev–Trinajstić information content (AvgIpc) is 3.13. The van der Waals surface area contributed by atoms with Crippen LogP contribution >= 0.6 is 0 Å². The molecule has 2 heterocycles. The second kappa shape index (κ2) is 7.41. The van der Waals surface area contributed by atoms with Gasteiger partial charge in [0, 0.05) is 25.0 Å². The third kappa shape index (κ3) is 3.65. The molecule has 0 spiro atoms. The lowest BCUT2D eigenvalue weighted by Gasteiger charge is -2.37. The summed E-state index contributed by atoms with van der Waals surface area (Å²) in [6, 6.07) is 2.00. The van der Waals surface area contributed by atoms with Crippen molar-refractivity contribution in [2.45, 2.75) is 52.0 Å². The molecule has 2 fully saturated rings. The van der Waals surface area contributed by atoms with E-state index in [0.29, 0.717) is 36.5 Å². The van der Waals surface area contributed by atoms with E-state index >= 15 is 0 Å². The lowest BCUT2D eigenvalue weighted by molar-refractivity contribution is -0.127. The number of hydrogen-bond donors (Lipinski definition) is 1. The van der Waals surface area contributed by atoms with Crippen LogP contribution in [0.3, 0.4) is 0 Å². The van der Waals surface area contributed by atoms with Crippen LogP contribution in [0.2, 0.25) is 0 Å². The molecule has 1 saturated heterocycles. The summed E-state index contributed by atoms with van der Waals surface area (Å²) in [6.07, 6.45) is 8.04. The van der Waals surface area contributed by atoms with Crippen molar-refractivity contribution in [3.63, 3.8) is 0 Å². The first-order valence-corrected chi connectivity index (χ1v) is 9.18. The van der Waals surface area contributed by atoms with Gasteiger partial charge in [-0.25, -0.2) is 0 Å². The van der Waals surface area contributed by atoms with E-state index in [2.05, 4.69) is 19.2 Å². The number of nitrogens with zero attached hydrogens (tertiary/aromatic N) is 1. The maximum atomic E-state index is 12.6. The number of carbonyl (C=O) groups excluding carboxylic acids is 2. The number of rotatable bonds is 3. The fraction of sp³-hybridized carbons (Fsp3) is 0.684. The van der Waals surface area contributed by atoms with Crippen molar-refractivity contribution < 1.29 is 14.0 Å². The topological polar surface area (TPSA) is 62.6 Å². The number of hydrogen-bond acceptors (Lipinski definition) is 3. The summed E-state index contributed by atoms with van der Waals surface area (Å²) >= 11 is 0. The van der Waals surface area contributed by atoms with E-state index in [0.717, 1.165) is 19.3 Å². The Morgan fingerprint density at radius 1 is 1.17 bits per heavy atom. The van der Waals surface area contributed by atoms with Gasteiger partial charge < -0.3 is 14.6 Å². The molecule has 5 heteroatoms. The molecule has 0 aromatic carbocycles. The van der Waals surface area contributed by atoms with E-state index in [-0.39, 0.29) is 17.7 Å². The minimum atomic E-state index is -0.00247. The zero-order valence-electron chi connectivity index (χ0n) is 14.7. The fourth-order valence-electron chi connectivity index (χ4n) is 4.00. The molecule has 1 saturated carbocycles. The minimum absolute atomic E-state index is 0.00247. The van der Waals surface area contributed by atoms with Crippen molar-refractivity contribution in [3.8, 4) is 0 Å². The predicted molar refractivity (Wildman–Crippen MR) is 91.4 cm³/mol. The van der Waals surface area contributed by atoms with E-state index in [4.69, 9.17) is 4.42 Å². The maximum Gasteiger partial charge on any atom is 0.257 e. The Morgan fingerprint density at radius 3 is 2.58 bits per heavy atom. The third-order valence-corrected chi connectivity index (χ3v) is 5.96. The molecule has 1 N–H and O–H groups in total. The van der Waals surface area contributed by atoms with Crippen LogP contribution in [-0.2, 0) is 4.79 Å². The third-order valence-electron chi connectivity index (χ3n) is 5.96. The van der Waals surface area contributed by atoms with Crippen molar-refractivity contribution in [1.29, 1.82) is 0 Å². The molecular weight excluding hydrogens is 304 g/mol. The van der Waals surface area contributed by atoms with Gasteiger partial charge in [-0.2, -0.15) is 0 Å². The molecule has 3 rings (SSSR count). The first-order chi connectivity index (χ1) is 11.6. The van der Waals surface area contributed by atoms with Crippen molar-refractivity contribution in [1.82, 2.24) is 10.2 Å². The molecular formula is C19H28N2O3. The quantitative estimate of drug-likeness (QED) is 0.925. The van der Waals surface area contributed by atoms with Gasteiger partial charge in [0.25, 0.3) is 5.91 Å². The van der Waals surface area contributed by atoms with Crippen LogP contribution in [0.25, 0.3) is 0 Å². The molecule has 5 nitrogen and oxygen atoms in total. The first-order valence-electron chi connectivity index (χ1n) is 9.18. The summed E-state index contributed by atoms with van der Waals surface area (Å²) in [6.45, 7) is 5.81. The molecule has 1 aromatic rings. The van der Waals surface area contributed by atoms with Gasteiger partial charge in [-0.1, -0.05) is 26.7 Å². The van der Waals surface area contributed by atoms with Crippen LogP contribution in [0.4, 0.5) is 0 Å². The lowest BCUT2D eigenvalue weighted by atomic mass is 9.78. The fourth-order valence-corrected chi connectivity index (χ4v) is 4.00. The number of likely N-dealkylation sites (tertiary alicyclic amines) is 1.